The van der Waals surface area contributed by atoms with Gasteiger partial charge in [-0.1, -0.05) is 12.1 Å². The first kappa shape index (κ1) is 14.2. The highest BCUT2D eigenvalue weighted by molar-refractivity contribution is 5.82. The van der Waals surface area contributed by atoms with Crippen molar-refractivity contribution >= 4 is 5.91 Å². The molecule has 114 valence electrons. The van der Waals surface area contributed by atoms with E-state index in [9.17, 15) is 4.79 Å². The number of carbonyl (C=O) groups is 1. The molecular formula is C16H22N2O3. The minimum absolute atomic E-state index is 0.0948. The van der Waals surface area contributed by atoms with Crippen LogP contribution >= 0.6 is 0 Å². The van der Waals surface area contributed by atoms with Gasteiger partial charge in [0.15, 0.2) is 11.5 Å². The molecule has 2 N–H and O–H groups in total. The average Bonchev–Trinajstić information content (AvgIpc) is 2.53. The lowest BCUT2D eigenvalue weighted by molar-refractivity contribution is -0.133. The molecule has 0 spiro atoms. The van der Waals surface area contributed by atoms with Crippen LogP contribution in [0.15, 0.2) is 24.3 Å². The van der Waals surface area contributed by atoms with Crippen molar-refractivity contribution in [2.45, 2.75) is 32.0 Å². The van der Waals surface area contributed by atoms with Crippen molar-refractivity contribution in [3.05, 3.63) is 24.3 Å². The van der Waals surface area contributed by atoms with Crippen molar-refractivity contribution in [3.63, 3.8) is 0 Å². The van der Waals surface area contributed by atoms with Crippen molar-refractivity contribution in [2.24, 2.45) is 5.92 Å². The van der Waals surface area contributed by atoms with Crippen LogP contribution < -0.4 is 20.1 Å². The second-order valence-corrected chi connectivity index (χ2v) is 5.77. The van der Waals surface area contributed by atoms with E-state index in [-0.39, 0.29) is 12.0 Å². The number of fused-ring (bicyclic) bond motifs is 1. The zero-order valence-electron chi connectivity index (χ0n) is 12.3. The van der Waals surface area contributed by atoms with Crippen molar-refractivity contribution in [3.8, 4) is 11.5 Å². The predicted octanol–water partition coefficient (Wildman–Crippen LogP) is 1.33. The molecule has 3 atom stereocenters. The van der Waals surface area contributed by atoms with Crippen LogP contribution in [0.2, 0.25) is 0 Å². The van der Waals surface area contributed by atoms with E-state index in [1.54, 1.807) is 0 Å². The number of para-hydroxylation sites is 2. The van der Waals surface area contributed by atoms with E-state index in [1.807, 2.05) is 31.2 Å². The summed E-state index contributed by atoms with van der Waals surface area (Å²) in [6.45, 7) is 4.61. The summed E-state index contributed by atoms with van der Waals surface area (Å²) in [5, 5.41) is 6.35. The van der Waals surface area contributed by atoms with Crippen molar-refractivity contribution in [1.29, 1.82) is 0 Å². The normalized spacial score (nSPS) is 28.0. The molecule has 0 aromatic heterocycles. The Hall–Kier alpha value is -1.75. The van der Waals surface area contributed by atoms with Crippen LogP contribution in [0.5, 0.6) is 11.5 Å². The molecule has 3 unspecified atom stereocenters. The fourth-order valence-corrected chi connectivity index (χ4v) is 2.85. The maximum Gasteiger partial charge on any atom is 0.265 e. The Morgan fingerprint density at radius 2 is 2.10 bits per heavy atom. The minimum Gasteiger partial charge on any atom is -0.482 e. The van der Waals surface area contributed by atoms with Gasteiger partial charge in [-0.3, -0.25) is 4.79 Å². The largest absolute Gasteiger partial charge is 0.482 e. The van der Waals surface area contributed by atoms with Crippen LogP contribution in [0.4, 0.5) is 0 Å². The smallest absolute Gasteiger partial charge is 0.265 e. The Kier molecular flexibility index (Phi) is 4.29. The Morgan fingerprint density at radius 1 is 1.33 bits per heavy atom. The molecule has 5 heteroatoms. The van der Waals surface area contributed by atoms with Gasteiger partial charge in [0.2, 0.25) is 6.10 Å². The summed E-state index contributed by atoms with van der Waals surface area (Å²) in [7, 11) is 0. The summed E-state index contributed by atoms with van der Waals surface area (Å²) in [5.74, 6) is 1.75. The van der Waals surface area contributed by atoms with Crippen LogP contribution in [0.1, 0.15) is 19.8 Å². The Morgan fingerprint density at radius 3 is 2.81 bits per heavy atom. The third kappa shape index (κ3) is 3.29. The highest BCUT2D eigenvalue weighted by atomic mass is 16.6. The van der Waals surface area contributed by atoms with E-state index in [4.69, 9.17) is 9.47 Å². The van der Waals surface area contributed by atoms with Crippen LogP contribution in [0, 0.1) is 5.92 Å². The number of hydrogen-bond acceptors (Lipinski definition) is 4. The van der Waals surface area contributed by atoms with Gasteiger partial charge in [-0.2, -0.15) is 0 Å². The number of carbonyl (C=O) groups excluding carboxylic acids is 1. The lowest BCUT2D eigenvalue weighted by atomic mass is 9.99. The van der Waals surface area contributed by atoms with E-state index in [1.165, 1.54) is 6.42 Å². The van der Waals surface area contributed by atoms with Gasteiger partial charge in [-0.15, -0.1) is 0 Å². The first-order valence-corrected chi connectivity index (χ1v) is 7.65. The number of hydrogen-bond donors (Lipinski definition) is 2. The monoisotopic (exact) mass is 290 g/mol. The highest BCUT2D eigenvalue weighted by Gasteiger charge is 2.34. The van der Waals surface area contributed by atoms with E-state index in [0.29, 0.717) is 24.0 Å². The number of nitrogens with one attached hydrogen (secondary N) is 2. The third-order valence-electron chi connectivity index (χ3n) is 4.06. The first-order chi connectivity index (χ1) is 10.2. The zero-order valence-corrected chi connectivity index (χ0v) is 12.3. The summed E-state index contributed by atoms with van der Waals surface area (Å²) in [4.78, 5) is 12.3. The van der Waals surface area contributed by atoms with E-state index in [0.717, 1.165) is 19.5 Å². The second-order valence-electron chi connectivity index (χ2n) is 5.77. The molecule has 0 bridgehead atoms. The van der Waals surface area contributed by atoms with Gasteiger partial charge in [0.25, 0.3) is 5.91 Å². The van der Waals surface area contributed by atoms with Crippen LogP contribution in [0.3, 0.4) is 0 Å². The molecular weight excluding hydrogens is 268 g/mol. The molecule has 1 saturated heterocycles. The standard InChI is InChI=1S/C16H22N2O3/c1-11-15(21-14-7-3-2-6-13(14)20-11)16(19)18-10-12-5-4-8-17-9-12/h2-3,6-7,11-12,15,17H,4-5,8-10H2,1H3,(H,18,19). The lowest BCUT2D eigenvalue weighted by Gasteiger charge is -2.31. The molecule has 2 heterocycles. The SMILES string of the molecule is CC1Oc2ccccc2OC1C(=O)NCC1CCCNC1. The second kappa shape index (κ2) is 6.35. The third-order valence-corrected chi connectivity index (χ3v) is 4.06. The molecule has 1 fully saturated rings. The molecule has 2 aliphatic rings. The zero-order chi connectivity index (χ0) is 14.7. The van der Waals surface area contributed by atoms with Gasteiger partial charge < -0.3 is 20.1 Å². The quantitative estimate of drug-likeness (QED) is 0.882. The fraction of sp³-hybridized carbons (Fsp3) is 0.562. The maximum absolute atomic E-state index is 12.3. The molecule has 0 radical (unpaired) electrons. The molecule has 1 aromatic rings. The summed E-state index contributed by atoms with van der Waals surface area (Å²) in [6, 6.07) is 7.45. The number of amides is 1. The van der Waals surface area contributed by atoms with Gasteiger partial charge in [0, 0.05) is 6.54 Å². The van der Waals surface area contributed by atoms with Crippen LogP contribution in [0.25, 0.3) is 0 Å². The average molecular weight is 290 g/mol. The van der Waals surface area contributed by atoms with E-state index >= 15 is 0 Å². The maximum atomic E-state index is 12.3. The van der Waals surface area contributed by atoms with Crippen LogP contribution in [-0.4, -0.2) is 37.7 Å². The predicted molar refractivity (Wildman–Crippen MR) is 79.6 cm³/mol. The summed E-state index contributed by atoms with van der Waals surface area (Å²) in [6.07, 6.45) is 1.46. The molecule has 3 rings (SSSR count). The summed E-state index contributed by atoms with van der Waals surface area (Å²) < 4.78 is 11.6. The Balaban J connectivity index is 1.57. The molecule has 21 heavy (non-hydrogen) atoms. The van der Waals surface area contributed by atoms with Crippen molar-refractivity contribution in [2.75, 3.05) is 19.6 Å². The van der Waals surface area contributed by atoms with Gasteiger partial charge in [0.1, 0.15) is 6.10 Å². The van der Waals surface area contributed by atoms with E-state index in [2.05, 4.69) is 10.6 Å². The topological polar surface area (TPSA) is 59.6 Å². The summed E-state index contributed by atoms with van der Waals surface area (Å²) >= 11 is 0. The van der Waals surface area contributed by atoms with Gasteiger partial charge in [-0.05, 0) is 50.9 Å². The molecule has 5 nitrogen and oxygen atoms in total. The minimum atomic E-state index is -0.587. The van der Waals surface area contributed by atoms with Crippen molar-refractivity contribution in [1.82, 2.24) is 10.6 Å². The summed E-state index contributed by atoms with van der Waals surface area (Å²) in [5.41, 5.74) is 0. The molecule has 0 saturated carbocycles. The van der Waals surface area contributed by atoms with E-state index < -0.39 is 6.10 Å². The number of rotatable bonds is 3. The van der Waals surface area contributed by atoms with Crippen molar-refractivity contribution < 1.29 is 14.3 Å². The Labute approximate surface area is 125 Å². The van der Waals surface area contributed by atoms with Gasteiger partial charge in [-0.25, -0.2) is 0 Å². The number of piperidine rings is 1. The first-order valence-electron chi connectivity index (χ1n) is 7.65. The lowest BCUT2D eigenvalue weighted by Crippen LogP contribution is -2.50. The molecule has 1 aromatic carbocycles. The van der Waals surface area contributed by atoms with Gasteiger partial charge >= 0.3 is 0 Å². The number of ether oxygens (including phenoxy) is 2. The number of benzene rings is 1. The Bertz CT molecular complexity index is 500. The van der Waals surface area contributed by atoms with Crippen LogP contribution in [-0.2, 0) is 4.79 Å². The molecule has 1 amide bonds. The molecule has 0 aliphatic carbocycles. The highest BCUT2D eigenvalue weighted by Crippen LogP contribution is 2.33. The molecule has 2 aliphatic heterocycles. The fourth-order valence-electron chi connectivity index (χ4n) is 2.85. The van der Waals surface area contributed by atoms with Gasteiger partial charge in [0.05, 0.1) is 0 Å².